The van der Waals surface area contributed by atoms with Gasteiger partial charge in [-0.15, -0.1) is 24.8 Å². The summed E-state index contributed by atoms with van der Waals surface area (Å²) in [6.07, 6.45) is 10.1. The standard InChI is InChI=1S/C31H42N6O2.2ClH/c1-19-2-4-25-24(28(19)35-27(38)16-30-13-20-10-21(14-30)12-22(11-20)15-30)3-5-26(34-25)31(7-8-33-18-31)36-29(39)37-9-6-23(32)17-37;;/h2-5,20-23,33H,6-18,32H2,1H3,(H,35,38)(H,36,39);2*1H/t20?,21?,22?,23-,30?,31-;;/m0../s1. The van der Waals surface area contributed by atoms with Gasteiger partial charge in [0.15, 0.2) is 0 Å². The quantitative estimate of drug-likeness (QED) is 0.390. The number of benzene rings is 1. The number of nitrogens with one attached hydrogen (secondary N) is 3. The smallest absolute Gasteiger partial charge is 0.318 e. The summed E-state index contributed by atoms with van der Waals surface area (Å²) < 4.78 is 0. The second-order valence-electron chi connectivity index (χ2n) is 13.6. The Balaban J connectivity index is 0.00000169. The van der Waals surface area contributed by atoms with Crippen LogP contribution in [-0.4, -0.2) is 54.0 Å². The van der Waals surface area contributed by atoms with E-state index in [0.717, 1.165) is 65.0 Å². The number of amides is 3. The number of rotatable bonds is 5. The van der Waals surface area contributed by atoms with Gasteiger partial charge in [-0.25, -0.2) is 4.79 Å². The molecule has 5 N–H and O–H groups in total. The topological polar surface area (TPSA) is 112 Å². The first kappa shape index (κ1) is 30.3. The van der Waals surface area contributed by atoms with Gasteiger partial charge in [0.25, 0.3) is 0 Å². The van der Waals surface area contributed by atoms with Crippen LogP contribution in [-0.2, 0) is 10.3 Å². The van der Waals surface area contributed by atoms with Gasteiger partial charge in [-0.2, -0.15) is 0 Å². The highest BCUT2D eigenvalue weighted by Crippen LogP contribution is 2.61. The van der Waals surface area contributed by atoms with E-state index in [0.29, 0.717) is 26.1 Å². The highest BCUT2D eigenvalue weighted by Gasteiger charge is 2.51. The average Bonchev–Trinajstić information content (AvgIpc) is 3.54. The molecule has 4 saturated carbocycles. The molecule has 2 atom stereocenters. The second kappa shape index (κ2) is 11.5. The highest BCUT2D eigenvalue weighted by atomic mass is 35.5. The third kappa shape index (κ3) is 5.65. The van der Waals surface area contributed by atoms with Crippen molar-refractivity contribution in [1.82, 2.24) is 20.5 Å². The summed E-state index contributed by atoms with van der Waals surface area (Å²) in [6.45, 7) is 4.78. The summed E-state index contributed by atoms with van der Waals surface area (Å²) in [5.41, 5.74) is 9.30. The number of fused-ring (bicyclic) bond motifs is 1. The Morgan fingerprint density at radius 3 is 2.39 bits per heavy atom. The Morgan fingerprint density at radius 1 is 1.07 bits per heavy atom. The molecule has 41 heavy (non-hydrogen) atoms. The minimum atomic E-state index is -0.565. The molecule has 0 spiro atoms. The number of likely N-dealkylation sites (tertiary alicyclic amines) is 1. The van der Waals surface area contributed by atoms with Gasteiger partial charge < -0.3 is 26.6 Å². The molecular formula is C31H44Cl2N6O2. The maximum atomic E-state index is 13.5. The zero-order chi connectivity index (χ0) is 26.8. The average molecular weight is 604 g/mol. The van der Waals surface area contributed by atoms with E-state index in [2.05, 4.69) is 28.9 Å². The molecule has 10 heteroatoms. The number of pyridine rings is 1. The Hall–Kier alpha value is -2.13. The predicted octanol–water partition coefficient (Wildman–Crippen LogP) is 4.86. The number of anilines is 1. The van der Waals surface area contributed by atoms with Crippen molar-refractivity contribution in [2.75, 3.05) is 31.5 Å². The van der Waals surface area contributed by atoms with Crippen molar-refractivity contribution in [3.8, 4) is 0 Å². The number of halogens is 2. The minimum absolute atomic E-state index is 0. The molecular weight excluding hydrogens is 559 g/mol. The Bertz CT molecular complexity index is 1280. The molecule has 8 nitrogen and oxygen atoms in total. The fourth-order valence-electron chi connectivity index (χ4n) is 9.11. The van der Waals surface area contributed by atoms with Crippen LogP contribution in [0.15, 0.2) is 24.3 Å². The lowest BCUT2D eigenvalue weighted by Gasteiger charge is -2.56. The molecule has 8 rings (SSSR count). The maximum absolute atomic E-state index is 13.5. The monoisotopic (exact) mass is 602 g/mol. The normalized spacial score (nSPS) is 33.4. The summed E-state index contributed by atoms with van der Waals surface area (Å²) in [5, 5.41) is 11.0. The van der Waals surface area contributed by atoms with Crippen LogP contribution >= 0.6 is 24.8 Å². The van der Waals surface area contributed by atoms with E-state index >= 15 is 0 Å². The van der Waals surface area contributed by atoms with Crippen LogP contribution in [0.5, 0.6) is 0 Å². The van der Waals surface area contributed by atoms with Gasteiger partial charge in [-0.3, -0.25) is 9.78 Å². The van der Waals surface area contributed by atoms with Crippen molar-refractivity contribution in [2.24, 2.45) is 28.9 Å². The van der Waals surface area contributed by atoms with Crippen LogP contribution in [0.2, 0.25) is 0 Å². The van der Waals surface area contributed by atoms with Gasteiger partial charge in [0.2, 0.25) is 5.91 Å². The number of urea groups is 1. The van der Waals surface area contributed by atoms with Crippen molar-refractivity contribution in [3.05, 3.63) is 35.5 Å². The number of nitrogens with two attached hydrogens (primary N) is 1. The Labute approximate surface area is 255 Å². The van der Waals surface area contributed by atoms with Crippen molar-refractivity contribution in [1.29, 1.82) is 0 Å². The van der Waals surface area contributed by atoms with Crippen LogP contribution < -0.4 is 21.7 Å². The first-order chi connectivity index (χ1) is 18.8. The molecule has 0 unspecified atom stereocenters. The van der Waals surface area contributed by atoms with E-state index in [4.69, 9.17) is 10.7 Å². The summed E-state index contributed by atoms with van der Waals surface area (Å²) in [6, 6.07) is 8.15. The van der Waals surface area contributed by atoms with Crippen molar-refractivity contribution in [3.63, 3.8) is 0 Å². The largest absolute Gasteiger partial charge is 0.326 e. The number of hydrogen-bond acceptors (Lipinski definition) is 5. The van der Waals surface area contributed by atoms with Crippen LogP contribution in [0, 0.1) is 30.1 Å². The molecule has 4 aliphatic carbocycles. The Morgan fingerprint density at radius 2 is 1.78 bits per heavy atom. The maximum Gasteiger partial charge on any atom is 0.318 e. The number of nitrogens with zero attached hydrogens (tertiary/aromatic N) is 2. The molecule has 2 aliphatic heterocycles. The molecule has 4 bridgehead atoms. The molecule has 6 fully saturated rings. The van der Waals surface area contributed by atoms with E-state index in [1.807, 2.05) is 23.1 Å². The lowest BCUT2D eigenvalue weighted by Crippen LogP contribution is -2.52. The Kier molecular flexibility index (Phi) is 8.52. The zero-order valence-corrected chi connectivity index (χ0v) is 25.5. The van der Waals surface area contributed by atoms with Crippen LogP contribution in [0.3, 0.4) is 0 Å². The molecule has 3 amide bonds. The summed E-state index contributed by atoms with van der Waals surface area (Å²) in [7, 11) is 0. The van der Waals surface area contributed by atoms with Crippen LogP contribution in [0.4, 0.5) is 10.5 Å². The van der Waals surface area contributed by atoms with Crippen molar-refractivity contribution < 1.29 is 9.59 Å². The van der Waals surface area contributed by atoms with E-state index < -0.39 is 5.54 Å². The third-order valence-corrected chi connectivity index (χ3v) is 10.5. The van der Waals surface area contributed by atoms with Crippen LogP contribution in [0.1, 0.15) is 69.0 Å². The van der Waals surface area contributed by atoms with E-state index in [9.17, 15) is 9.59 Å². The van der Waals surface area contributed by atoms with Crippen molar-refractivity contribution in [2.45, 2.75) is 76.3 Å². The third-order valence-electron chi connectivity index (χ3n) is 10.5. The lowest BCUT2D eigenvalue weighted by molar-refractivity contribution is -0.124. The molecule has 0 radical (unpaired) electrons. The number of aromatic nitrogens is 1. The summed E-state index contributed by atoms with van der Waals surface area (Å²) >= 11 is 0. The van der Waals surface area contributed by atoms with Gasteiger partial charge in [-0.05, 0) is 112 Å². The molecule has 1 aromatic carbocycles. The van der Waals surface area contributed by atoms with Gasteiger partial charge in [0, 0.05) is 37.5 Å². The lowest BCUT2D eigenvalue weighted by atomic mass is 9.49. The SMILES string of the molecule is Cc1ccc2nc([C@]3(NC(=O)N4CC[C@H](N)C4)CCNC3)ccc2c1NC(=O)CC12CC3CC(CC(C3)C1)C2.Cl.Cl. The van der Waals surface area contributed by atoms with Gasteiger partial charge >= 0.3 is 6.03 Å². The predicted molar refractivity (Wildman–Crippen MR) is 167 cm³/mol. The first-order valence-electron chi connectivity index (χ1n) is 15.0. The molecule has 224 valence electrons. The number of carbonyl (C=O) groups excluding carboxylic acids is 2. The summed E-state index contributed by atoms with van der Waals surface area (Å²) in [5.74, 6) is 2.66. The van der Waals surface area contributed by atoms with Gasteiger partial charge in [-0.1, -0.05) is 6.07 Å². The van der Waals surface area contributed by atoms with Gasteiger partial charge in [0.1, 0.15) is 0 Å². The first-order valence-corrected chi connectivity index (χ1v) is 15.0. The molecule has 6 aliphatic rings. The van der Waals surface area contributed by atoms with E-state index in [1.54, 1.807) is 0 Å². The summed E-state index contributed by atoms with van der Waals surface area (Å²) in [4.78, 5) is 33.5. The minimum Gasteiger partial charge on any atom is -0.326 e. The molecule has 2 aromatic rings. The van der Waals surface area contributed by atoms with Gasteiger partial charge in [0.05, 0.1) is 22.4 Å². The fraction of sp³-hybridized carbons (Fsp3) is 0.645. The number of carbonyl (C=O) groups is 2. The fourth-order valence-corrected chi connectivity index (χ4v) is 9.11. The highest BCUT2D eigenvalue weighted by molar-refractivity contribution is 6.02. The van der Waals surface area contributed by atoms with E-state index in [-0.39, 0.29) is 48.2 Å². The number of hydrogen-bond donors (Lipinski definition) is 4. The molecule has 3 heterocycles. The van der Waals surface area contributed by atoms with E-state index in [1.165, 1.54) is 38.5 Å². The zero-order valence-electron chi connectivity index (χ0n) is 23.9. The van der Waals surface area contributed by atoms with Crippen LogP contribution in [0.25, 0.3) is 10.9 Å². The molecule has 2 saturated heterocycles. The molecule has 1 aromatic heterocycles. The van der Waals surface area contributed by atoms with Crippen molar-refractivity contribution >= 4 is 53.3 Å². The second-order valence-corrected chi connectivity index (χ2v) is 13.6. The number of aryl methyl sites for hydroxylation is 1.